The van der Waals surface area contributed by atoms with E-state index in [9.17, 15) is 26.7 Å². The second kappa shape index (κ2) is 8.58. The van der Waals surface area contributed by atoms with E-state index < -0.39 is 37.2 Å². The Bertz CT molecular complexity index is 1290. The number of halogens is 5. The summed E-state index contributed by atoms with van der Waals surface area (Å²) in [7, 11) is 0. The molecule has 0 radical (unpaired) electrons. The minimum absolute atomic E-state index is 0.191. The molecule has 186 valence electrons. The van der Waals surface area contributed by atoms with E-state index in [0.29, 0.717) is 33.8 Å². The van der Waals surface area contributed by atoms with Crippen LogP contribution in [0, 0.1) is 13.8 Å². The Balaban J connectivity index is 1.72. The number of hydrogen-bond acceptors (Lipinski definition) is 5. The van der Waals surface area contributed by atoms with Gasteiger partial charge in [-0.2, -0.15) is 18.3 Å². The van der Waals surface area contributed by atoms with E-state index in [2.05, 4.69) is 15.1 Å². The first kappa shape index (κ1) is 24.6. The molecule has 35 heavy (non-hydrogen) atoms. The average molecular weight is 495 g/mol. The molecule has 0 N–H and O–H groups in total. The number of fused-ring (bicyclic) bond motifs is 1. The van der Waals surface area contributed by atoms with Gasteiger partial charge in [-0.3, -0.25) is 19.4 Å². The molecule has 1 amide bonds. The number of carbonyl (C=O) groups is 1. The zero-order chi connectivity index (χ0) is 25.7. The van der Waals surface area contributed by atoms with E-state index in [1.54, 1.807) is 39.8 Å². The van der Waals surface area contributed by atoms with E-state index in [1.807, 2.05) is 0 Å². The molecule has 0 unspecified atom stereocenters. The molecular formula is C23H22F5N5O2. The van der Waals surface area contributed by atoms with Crippen LogP contribution in [0.1, 0.15) is 41.2 Å². The van der Waals surface area contributed by atoms with Gasteiger partial charge in [-0.15, -0.1) is 0 Å². The molecule has 0 saturated carbocycles. The number of aromatic nitrogens is 4. The number of nitrogens with zero attached hydrogens (tertiary/aromatic N) is 5. The van der Waals surface area contributed by atoms with Gasteiger partial charge in [0.15, 0.2) is 0 Å². The molecule has 0 bridgehead atoms. The molecule has 1 aliphatic rings. The van der Waals surface area contributed by atoms with Crippen molar-refractivity contribution in [2.24, 2.45) is 0 Å². The number of aryl methyl sites for hydroxylation is 2. The molecule has 4 rings (SSSR count). The minimum atomic E-state index is -4.45. The highest BCUT2D eigenvalue weighted by Gasteiger charge is 2.47. The van der Waals surface area contributed by atoms with Gasteiger partial charge in [0.1, 0.15) is 18.9 Å². The lowest BCUT2D eigenvalue weighted by Crippen LogP contribution is -2.39. The van der Waals surface area contributed by atoms with Crippen LogP contribution in [0.3, 0.4) is 0 Å². The van der Waals surface area contributed by atoms with Gasteiger partial charge in [0.05, 0.1) is 40.1 Å². The average Bonchev–Trinajstić information content (AvgIpc) is 3.25. The summed E-state index contributed by atoms with van der Waals surface area (Å²) in [5.41, 5.74) is 1.97. The number of hydrogen-bond donors (Lipinski definition) is 0. The lowest BCUT2D eigenvalue weighted by Gasteiger charge is -2.30. The fourth-order valence-electron chi connectivity index (χ4n) is 4.13. The van der Waals surface area contributed by atoms with Crippen molar-refractivity contribution in [2.75, 3.05) is 11.5 Å². The SMILES string of the molecule is Cc1cc(-c2cnc(C)c(OCC(F)F)c2)nc2c1C(=O)N(c1cnn(CC(F)(F)F)c1)C2(C)C. The summed E-state index contributed by atoms with van der Waals surface area (Å²) in [5, 5.41) is 3.75. The highest BCUT2D eigenvalue weighted by molar-refractivity contribution is 6.12. The summed E-state index contributed by atoms with van der Waals surface area (Å²) in [6.07, 6.45) is -3.18. The summed E-state index contributed by atoms with van der Waals surface area (Å²) < 4.78 is 69.4. The maximum absolute atomic E-state index is 13.3. The third kappa shape index (κ3) is 4.69. The zero-order valence-electron chi connectivity index (χ0n) is 19.3. The monoisotopic (exact) mass is 495 g/mol. The van der Waals surface area contributed by atoms with Gasteiger partial charge in [-0.05, 0) is 45.4 Å². The van der Waals surface area contributed by atoms with Crippen molar-refractivity contribution in [3.63, 3.8) is 0 Å². The fourth-order valence-corrected chi connectivity index (χ4v) is 4.13. The Hall–Kier alpha value is -3.57. The number of rotatable bonds is 6. The third-order valence-corrected chi connectivity index (χ3v) is 5.69. The van der Waals surface area contributed by atoms with Crippen LogP contribution in [-0.4, -0.2) is 44.9 Å². The van der Waals surface area contributed by atoms with Crippen LogP contribution in [0.25, 0.3) is 11.3 Å². The number of anilines is 1. The van der Waals surface area contributed by atoms with E-state index in [1.165, 1.54) is 23.5 Å². The van der Waals surface area contributed by atoms with Gasteiger partial charge in [0, 0.05) is 18.0 Å². The number of carbonyl (C=O) groups excluding carboxylic acids is 1. The van der Waals surface area contributed by atoms with Crippen molar-refractivity contribution >= 4 is 11.6 Å². The lowest BCUT2D eigenvalue weighted by atomic mass is 9.96. The topological polar surface area (TPSA) is 73.1 Å². The molecule has 7 nitrogen and oxygen atoms in total. The molecule has 4 heterocycles. The largest absolute Gasteiger partial charge is 0.486 e. The standard InChI is InChI=1S/C23H22F5N5O2/c1-12-5-16(14-6-17(13(2)29-7-14)35-10-18(24)25)31-20-19(12)21(34)33(22(20,3)4)15-8-30-32(9-15)11-23(26,27)28/h5-9,18H,10-11H2,1-4H3. The van der Waals surface area contributed by atoms with E-state index >= 15 is 0 Å². The Morgan fingerprint density at radius 2 is 1.86 bits per heavy atom. The summed E-state index contributed by atoms with van der Waals surface area (Å²) in [4.78, 5) is 23.6. The maximum Gasteiger partial charge on any atom is 0.408 e. The number of ether oxygens (including phenoxy) is 1. The van der Waals surface area contributed by atoms with Gasteiger partial charge in [0.25, 0.3) is 12.3 Å². The molecule has 3 aromatic heterocycles. The Morgan fingerprint density at radius 3 is 2.51 bits per heavy atom. The van der Waals surface area contributed by atoms with E-state index in [4.69, 9.17) is 4.74 Å². The third-order valence-electron chi connectivity index (χ3n) is 5.69. The second-order valence-electron chi connectivity index (χ2n) is 8.77. The molecule has 0 fully saturated rings. The van der Waals surface area contributed by atoms with Crippen molar-refractivity contribution in [1.82, 2.24) is 19.7 Å². The Labute approximate surface area is 197 Å². The smallest absolute Gasteiger partial charge is 0.408 e. The van der Waals surface area contributed by atoms with Gasteiger partial charge in [-0.1, -0.05) is 0 Å². The molecule has 0 atom stereocenters. The summed E-state index contributed by atoms with van der Waals surface area (Å²) in [5.74, 6) is -0.215. The van der Waals surface area contributed by atoms with Crippen LogP contribution in [0.4, 0.5) is 27.6 Å². The molecule has 0 aliphatic carbocycles. The Morgan fingerprint density at radius 1 is 1.14 bits per heavy atom. The van der Waals surface area contributed by atoms with Crippen molar-refractivity contribution < 1.29 is 31.5 Å². The lowest BCUT2D eigenvalue weighted by molar-refractivity contribution is -0.142. The fraction of sp³-hybridized carbons (Fsp3) is 0.391. The number of alkyl halides is 5. The molecule has 1 aliphatic heterocycles. The highest BCUT2D eigenvalue weighted by Crippen LogP contribution is 2.43. The van der Waals surface area contributed by atoms with Crippen LogP contribution >= 0.6 is 0 Å². The van der Waals surface area contributed by atoms with Crippen LogP contribution < -0.4 is 9.64 Å². The number of amides is 1. The van der Waals surface area contributed by atoms with Crippen LogP contribution in [0.15, 0.2) is 30.7 Å². The van der Waals surface area contributed by atoms with Gasteiger partial charge in [0.2, 0.25) is 0 Å². The first-order valence-electron chi connectivity index (χ1n) is 10.6. The van der Waals surface area contributed by atoms with Crippen LogP contribution in [-0.2, 0) is 12.1 Å². The summed E-state index contributed by atoms with van der Waals surface area (Å²) >= 11 is 0. The van der Waals surface area contributed by atoms with Gasteiger partial charge in [-0.25, -0.2) is 13.8 Å². The second-order valence-corrected chi connectivity index (χ2v) is 8.77. The van der Waals surface area contributed by atoms with Crippen molar-refractivity contribution in [3.8, 4) is 17.0 Å². The minimum Gasteiger partial charge on any atom is -0.486 e. The quantitative estimate of drug-likeness (QED) is 0.447. The molecule has 12 heteroatoms. The van der Waals surface area contributed by atoms with Crippen molar-refractivity contribution in [1.29, 1.82) is 0 Å². The van der Waals surface area contributed by atoms with Gasteiger partial charge >= 0.3 is 6.18 Å². The van der Waals surface area contributed by atoms with Gasteiger partial charge < -0.3 is 4.74 Å². The van der Waals surface area contributed by atoms with E-state index in [-0.39, 0.29) is 11.4 Å². The highest BCUT2D eigenvalue weighted by atomic mass is 19.4. The maximum atomic E-state index is 13.3. The molecule has 0 spiro atoms. The first-order valence-corrected chi connectivity index (χ1v) is 10.6. The Kier molecular flexibility index (Phi) is 6.02. The summed E-state index contributed by atoms with van der Waals surface area (Å²) in [6.45, 7) is 4.77. The van der Waals surface area contributed by atoms with Crippen LogP contribution in [0.5, 0.6) is 5.75 Å². The summed E-state index contributed by atoms with van der Waals surface area (Å²) in [6, 6.07) is 3.23. The van der Waals surface area contributed by atoms with Crippen molar-refractivity contribution in [3.05, 3.63) is 53.2 Å². The molecule has 3 aromatic rings. The van der Waals surface area contributed by atoms with E-state index in [0.717, 1.165) is 4.68 Å². The number of pyridine rings is 2. The zero-order valence-corrected chi connectivity index (χ0v) is 19.3. The predicted molar refractivity (Wildman–Crippen MR) is 117 cm³/mol. The molecular weight excluding hydrogens is 473 g/mol. The van der Waals surface area contributed by atoms with Crippen molar-refractivity contribution in [2.45, 2.75) is 52.4 Å². The molecule has 0 saturated heterocycles. The van der Waals surface area contributed by atoms with Crippen LogP contribution in [0.2, 0.25) is 0 Å². The predicted octanol–water partition coefficient (Wildman–Crippen LogP) is 5.06. The normalized spacial score (nSPS) is 15.1. The molecule has 0 aromatic carbocycles. The first-order chi connectivity index (χ1) is 16.3.